The number of hydrogen-bond donors (Lipinski definition) is 2. The first-order valence-corrected chi connectivity index (χ1v) is 8.54. The van der Waals surface area contributed by atoms with Crippen LogP contribution in [0, 0.1) is 11.8 Å². The van der Waals surface area contributed by atoms with Gasteiger partial charge in [0, 0.05) is 5.92 Å². The fourth-order valence-corrected chi connectivity index (χ4v) is 4.24. The summed E-state index contributed by atoms with van der Waals surface area (Å²) in [5, 5.41) is 13.9. The lowest BCUT2D eigenvalue weighted by molar-refractivity contribution is -0.259. The Labute approximate surface area is 133 Å². The van der Waals surface area contributed by atoms with Crippen LogP contribution < -0.4 is 5.32 Å². The highest BCUT2D eigenvalue weighted by molar-refractivity contribution is 5.87. The molecule has 3 rings (SSSR count). The van der Waals surface area contributed by atoms with Crippen molar-refractivity contribution in [2.75, 3.05) is 6.61 Å². The van der Waals surface area contributed by atoms with E-state index in [9.17, 15) is 9.90 Å². The molecule has 2 aliphatic heterocycles. The molecule has 2 heterocycles. The van der Waals surface area contributed by atoms with E-state index in [-0.39, 0.29) is 17.7 Å². The molecule has 2 saturated heterocycles. The Kier molecular flexibility index (Phi) is 5.13. The molecule has 0 radical (unpaired) electrons. The number of carbonyl (C=O) groups excluding carboxylic acids is 1. The smallest absolute Gasteiger partial charge is 0.230 e. The normalized spacial score (nSPS) is 40.6. The first kappa shape index (κ1) is 17.2. The molecule has 1 amide bonds. The summed E-state index contributed by atoms with van der Waals surface area (Å²) >= 11 is 0. The predicted molar refractivity (Wildman–Crippen MR) is 87.4 cm³/mol. The molecule has 2 unspecified atom stereocenters. The number of allylic oxidation sites excluding steroid dienone is 1. The highest BCUT2D eigenvalue weighted by Crippen LogP contribution is 2.53. The van der Waals surface area contributed by atoms with Gasteiger partial charge in [0.05, 0.1) is 18.6 Å². The van der Waals surface area contributed by atoms with Crippen LogP contribution in [-0.2, 0) is 9.53 Å². The molecule has 2 fully saturated rings. The van der Waals surface area contributed by atoms with E-state index in [1.807, 2.05) is 20.8 Å². The molecule has 1 aliphatic carbocycles. The summed E-state index contributed by atoms with van der Waals surface area (Å²) in [6.07, 6.45) is 9.10. The van der Waals surface area contributed by atoms with Crippen molar-refractivity contribution in [3.05, 3.63) is 24.8 Å². The third-order valence-electron chi connectivity index (χ3n) is 5.41. The Hall–Kier alpha value is -1.13. The summed E-state index contributed by atoms with van der Waals surface area (Å²) in [5.74, 6) is -0.343. The predicted octanol–water partition coefficient (Wildman–Crippen LogP) is 2.58. The average molecular weight is 307 g/mol. The summed E-state index contributed by atoms with van der Waals surface area (Å²) in [6, 6.07) is 0. The van der Waals surface area contributed by atoms with Crippen LogP contribution >= 0.6 is 0 Å². The third-order valence-corrected chi connectivity index (χ3v) is 5.41. The summed E-state index contributed by atoms with van der Waals surface area (Å²) < 4.78 is 5.84. The minimum absolute atomic E-state index is 0.0711. The Morgan fingerprint density at radius 2 is 2.32 bits per heavy atom. The van der Waals surface area contributed by atoms with Gasteiger partial charge in [0.15, 0.2) is 0 Å². The van der Waals surface area contributed by atoms with Crippen molar-refractivity contribution in [3.8, 4) is 0 Å². The number of hydrogen-bond acceptors (Lipinski definition) is 3. The second kappa shape index (κ2) is 6.55. The highest BCUT2D eigenvalue weighted by atomic mass is 16.5. The minimum atomic E-state index is -0.649. The maximum atomic E-state index is 12.2. The topological polar surface area (TPSA) is 58.6 Å². The monoisotopic (exact) mass is 307 g/mol. The van der Waals surface area contributed by atoms with Gasteiger partial charge in [0.2, 0.25) is 5.91 Å². The Morgan fingerprint density at radius 3 is 2.77 bits per heavy atom. The molecule has 0 bridgehead atoms. The number of ether oxygens (including phenoxy) is 1. The van der Waals surface area contributed by atoms with Crippen molar-refractivity contribution in [3.63, 3.8) is 0 Å². The largest absolute Gasteiger partial charge is 0.390 e. The van der Waals surface area contributed by atoms with Crippen LogP contribution in [0.4, 0.5) is 0 Å². The summed E-state index contributed by atoms with van der Waals surface area (Å²) in [4.78, 5) is 12.2. The van der Waals surface area contributed by atoms with E-state index in [0.29, 0.717) is 13.0 Å². The third kappa shape index (κ3) is 2.16. The fourth-order valence-electron chi connectivity index (χ4n) is 4.24. The molecule has 2 N–H and O–H groups in total. The second-order valence-electron chi connectivity index (χ2n) is 6.17. The van der Waals surface area contributed by atoms with Gasteiger partial charge in [-0.1, -0.05) is 39.0 Å². The Morgan fingerprint density at radius 1 is 1.59 bits per heavy atom. The number of rotatable bonds is 4. The zero-order valence-electron chi connectivity index (χ0n) is 14.0. The molecule has 3 aliphatic rings. The van der Waals surface area contributed by atoms with Gasteiger partial charge in [-0.15, -0.1) is 6.58 Å². The lowest BCUT2D eigenvalue weighted by Gasteiger charge is -2.58. The van der Waals surface area contributed by atoms with Crippen LogP contribution in [0.15, 0.2) is 24.8 Å². The first-order valence-electron chi connectivity index (χ1n) is 8.54. The van der Waals surface area contributed by atoms with Crippen LogP contribution in [0.5, 0.6) is 0 Å². The van der Waals surface area contributed by atoms with E-state index < -0.39 is 17.2 Å². The SMILES string of the molecule is C=C[C@H]1C(=O)N[C@@]2(C(O)C3C=CCCC3)CO[C@@]12CC.CC. The minimum Gasteiger partial charge on any atom is -0.390 e. The number of nitrogens with one attached hydrogen (secondary N) is 1. The molecular weight excluding hydrogens is 278 g/mol. The molecule has 124 valence electrons. The fraction of sp³-hybridized carbons (Fsp3) is 0.722. The van der Waals surface area contributed by atoms with E-state index in [2.05, 4.69) is 24.0 Å². The van der Waals surface area contributed by atoms with Crippen molar-refractivity contribution in [2.24, 2.45) is 11.8 Å². The highest BCUT2D eigenvalue weighted by Gasteiger charge is 2.73. The van der Waals surface area contributed by atoms with E-state index in [1.54, 1.807) is 6.08 Å². The maximum absolute atomic E-state index is 12.2. The average Bonchev–Trinajstić information content (AvgIpc) is 2.73. The van der Waals surface area contributed by atoms with Crippen LogP contribution in [-0.4, -0.2) is 34.9 Å². The lowest BCUT2D eigenvalue weighted by Crippen LogP contribution is -2.77. The van der Waals surface area contributed by atoms with E-state index in [4.69, 9.17) is 4.74 Å². The van der Waals surface area contributed by atoms with E-state index in [1.165, 1.54) is 0 Å². The van der Waals surface area contributed by atoms with Crippen LogP contribution in [0.25, 0.3) is 0 Å². The molecule has 0 spiro atoms. The molecule has 0 aromatic rings. The van der Waals surface area contributed by atoms with E-state index >= 15 is 0 Å². The van der Waals surface area contributed by atoms with Crippen LogP contribution in [0.3, 0.4) is 0 Å². The molecular formula is C18H29NO3. The second-order valence-corrected chi connectivity index (χ2v) is 6.17. The zero-order valence-corrected chi connectivity index (χ0v) is 14.0. The molecule has 5 atom stereocenters. The molecule has 0 aromatic carbocycles. The standard InChI is InChI=1S/C16H23NO3.C2H6/c1-3-12-14(19)17-15(10-20-16(12,15)4-2)13(18)11-8-6-5-7-9-11;1-2/h3,6,8,11-13,18H,1,4-5,7,9-10H2,2H3,(H,17,19);1-2H3/t11?,12-,13?,15+,16-;/m0./s1. The van der Waals surface area contributed by atoms with Crippen molar-refractivity contribution in [2.45, 2.75) is 63.7 Å². The first-order chi connectivity index (χ1) is 10.6. The van der Waals surface area contributed by atoms with E-state index in [0.717, 1.165) is 19.3 Å². The van der Waals surface area contributed by atoms with Gasteiger partial charge >= 0.3 is 0 Å². The summed E-state index contributed by atoms with van der Waals surface area (Å²) in [6.45, 7) is 10.2. The quantitative estimate of drug-likeness (QED) is 0.785. The molecule has 0 saturated carbocycles. The molecule has 22 heavy (non-hydrogen) atoms. The number of fused-ring (bicyclic) bond motifs is 1. The Bertz CT molecular complexity index is 457. The zero-order chi connectivity index (χ0) is 16.4. The van der Waals surface area contributed by atoms with Gasteiger partial charge in [-0.05, 0) is 25.7 Å². The van der Waals surface area contributed by atoms with Crippen molar-refractivity contribution >= 4 is 5.91 Å². The van der Waals surface area contributed by atoms with Gasteiger partial charge in [0.25, 0.3) is 0 Å². The number of aliphatic hydroxyl groups is 1. The van der Waals surface area contributed by atoms with Crippen molar-refractivity contribution < 1.29 is 14.6 Å². The molecule has 4 nitrogen and oxygen atoms in total. The molecule has 4 heteroatoms. The number of aliphatic hydroxyl groups excluding tert-OH is 1. The summed E-state index contributed by atoms with van der Waals surface area (Å²) in [7, 11) is 0. The maximum Gasteiger partial charge on any atom is 0.230 e. The van der Waals surface area contributed by atoms with Crippen LogP contribution in [0.1, 0.15) is 46.5 Å². The lowest BCUT2D eigenvalue weighted by atomic mass is 9.63. The number of amides is 1. The van der Waals surface area contributed by atoms with Crippen LogP contribution in [0.2, 0.25) is 0 Å². The van der Waals surface area contributed by atoms with Crippen molar-refractivity contribution in [1.82, 2.24) is 5.32 Å². The summed E-state index contributed by atoms with van der Waals surface area (Å²) in [5.41, 5.74) is -1.28. The Balaban J connectivity index is 0.000000847. The van der Waals surface area contributed by atoms with Crippen molar-refractivity contribution in [1.29, 1.82) is 0 Å². The van der Waals surface area contributed by atoms with Gasteiger partial charge in [0.1, 0.15) is 11.1 Å². The number of carbonyl (C=O) groups is 1. The van der Waals surface area contributed by atoms with Gasteiger partial charge in [-0.2, -0.15) is 0 Å². The van der Waals surface area contributed by atoms with Gasteiger partial charge < -0.3 is 15.2 Å². The van der Waals surface area contributed by atoms with Gasteiger partial charge in [-0.3, -0.25) is 4.79 Å². The molecule has 0 aromatic heterocycles. The van der Waals surface area contributed by atoms with Gasteiger partial charge in [-0.25, -0.2) is 0 Å².